The van der Waals surface area contributed by atoms with E-state index in [1.54, 1.807) is 7.11 Å². The molecular weight excluding hydrogens is 368 g/mol. The first kappa shape index (κ1) is 27.5. The largest absolute Gasteiger partial charge is 0.416 e. The van der Waals surface area contributed by atoms with E-state index in [-0.39, 0.29) is 5.41 Å². The summed E-state index contributed by atoms with van der Waals surface area (Å²) in [6, 6.07) is 0. The lowest BCUT2D eigenvalue weighted by Gasteiger charge is -2.42. The van der Waals surface area contributed by atoms with Crippen LogP contribution in [0.1, 0.15) is 61.8 Å². The third kappa shape index (κ3) is 10.4. The molecule has 4 nitrogen and oxygen atoms in total. The van der Waals surface area contributed by atoms with Crippen molar-refractivity contribution < 1.29 is 18.6 Å². The summed E-state index contributed by atoms with van der Waals surface area (Å²) in [6.45, 7) is 21.4. The highest BCUT2D eigenvalue weighted by Crippen LogP contribution is 2.42. The van der Waals surface area contributed by atoms with Gasteiger partial charge in [-0.3, -0.25) is 0 Å². The molecule has 5 heteroatoms. The van der Waals surface area contributed by atoms with Crippen molar-refractivity contribution in [3.63, 3.8) is 0 Å². The summed E-state index contributed by atoms with van der Waals surface area (Å²) < 4.78 is 22.2. The molecule has 0 aliphatic rings. The van der Waals surface area contributed by atoms with Crippen molar-refractivity contribution in [3.8, 4) is 0 Å². The number of ether oxygens (including phenoxy) is 3. The molecule has 0 heterocycles. The van der Waals surface area contributed by atoms with Crippen molar-refractivity contribution in [1.82, 2.24) is 0 Å². The van der Waals surface area contributed by atoms with Gasteiger partial charge in [-0.25, -0.2) is 0 Å². The zero-order chi connectivity index (χ0) is 21.6. The Morgan fingerprint density at radius 2 is 1.43 bits per heavy atom. The Balaban J connectivity index is 4.35. The van der Waals surface area contributed by atoms with Gasteiger partial charge in [0.15, 0.2) is 8.32 Å². The maximum Gasteiger partial charge on any atom is 0.200 e. The molecule has 0 aromatic rings. The van der Waals surface area contributed by atoms with Crippen LogP contribution in [-0.4, -0.2) is 48.6 Å². The standard InChI is InChI=1S/C23H46O4Si/c1-20(2)28(21(3)4,22(5)6)27-16-14-23(7,8)13-11-10-12-15-25-19-26-18-17-24-9/h10-13,20-22H,14-19H2,1-9H3/b12-10+,13-11+. The fraction of sp³-hybridized carbons (Fsp3) is 0.826. The lowest BCUT2D eigenvalue weighted by molar-refractivity contribution is -0.0571. The van der Waals surface area contributed by atoms with Crippen LogP contribution in [0.25, 0.3) is 0 Å². The molecule has 0 fully saturated rings. The Kier molecular flexibility index (Phi) is 14.3. The van der Waals surface area contributed by atoms with Crippen molar-refractivity contribution in [2.24, 2.45) is 5.41 Å². The van der Waals surface area contributed by atoms with Crippen LogP contribution in [0.5, 0.6) is 0 Å². The average molecular weight is 415 g/mol. The van der Waals surface area contributed by atoms with Gasteiger partial charge in [0.05, 0.1) is 19.8 Å². The quantitative estimate of drug-likeness (QED) is 0.128. The molecule has 166 valence electrons. The zero-order valence-electron chi connectivity index (χ0n) is 19.9. The minimum atomic E-state index is -1.77. The van der Waals surface area contributed by atoms with Gasteiger partial charge in [0, 0.05) is 13.7 Å². The number of hydrogen-bond donors (Lipinski definition) is 0. The molecule has 0 aromatic carbocycles. The van der Waals surface area contributed by atoms with Crippen LogP contribution < -0.4 is 0 Å². The van der Waals surface area contributed by atoms with Crippen molar-refractivity contribution >= 4 is 8.32 Å². The van der Waals surface area contributed by atoms with Gasteiger partial charge >= 0.3 is 0 Å². The highest BCUT2D eigenvalue weighted by molar-refractivity contribution is 6.77. The monoisotopic (exact) mass is 414 g/mol. The van der Waals surface area contributed by atoms with Gasteiger partial charge in [0.2, 0.25) is 0 Å². The molecule has 0 aromatic heterocycles. The minimum absolute atomic E-state index is 0.111. The van der Waals surface area contributed by atoms with E-state index in [0.29, 0.717) is 43.2 Å². The summed E-state index contributed by atoms with van der Waals surface area (Å²) in [5.41, 5.74) is 2.01. The molecule has 0 unspecified atom stereocenters. The molecule has 0 saturated heterocycles. The third-order valence-corrected chi connectivity index (χ3v) is 11.5. The average Bonchev–Trinajstić information content (AvgIpc) is 2.59. The van der Waals surface area contributed by atoms with Gasteiger partial charge in [-0.2, -0.15) is 0 Å². The molecule has 0 atom stereocenters. The van der Waals surface area contributed by atoms with Gasteiger partial charge in [-0.05, 0) is 28.5 Å². The van der Waals surface area contributed by atoms with E-state index in [1.807, 2.05) is 12.2 Å². The van der Waals surface area contributed by atoms with Crippen LogP contribution in [0.15, 0.2) is 24.3 Å². The molecule has 0 aliphatic carbocycles. The Bertz CT molecular complexity index is 420. The summed E-state index contributed by atoms with van der Waals surface area (Å²) in [5.74, 6) is 0. The number of methoxy groups -OCH3 is 1. The highest BCUT2D eigenvalue weighted by Gasteiger charge is 2.44. The first-order valence-corrected chi connectivity index (χ1v) is 12.9. The Morgan fingerprint density at radius 3 is 1.96 bits per heavy atom. The van der Waals surface area contributed by atoms with Crippen LogP contribution in [-0.2, 0) is 18.6 Å². The molecule has 0 N–H and O–H groups in total. The topological polar surface area (TPSA) is 36.9 Å². The molecule has 0 spiro atoms. The second kappa shape index (κ2) is 14.5. The fourth-order valence-corrected chi connectivity index (χ4v) is 9.36. The van der Waals surface area contributed by atoms with Crippen LogP contribution in [0.3, 0.4) is 0 Å². The lowest BCUT2D eigenvalue weighted by atomic mass is 9.89. The molecule has 0 aliphatic heterocycles. The second-order valence-electron chi connectivity index (χ2n) is 9.08. The number of allylic oxidation sites excluding steroid dienone is 3. The molecule has 0 rings (SSSR count). The van der Waals surface area contributed by atoms with E-state index in [4.69, 9.17) is 18.6 Å². The van der Waals surface area contributed by atoms with Gasteiger partial charge in [0.1, 0.15) is 6.79 Å². The molecule has 28 heavy (non-hydrogen) atoms. The molecule has 0 radical (unpaired) electrons. The summed E-state index contributed by atoms with van der Waals surface area (Å²) in [7, 11) is -0.110. The second-order valence-corrected chi connectivity index (χ2v) is 14.5. The first-order valence-electron chi connectivity index (χ1n) is 10.7. The van der Waals surface area contributed by atoms with Crippen molar-refractivity contribution in [1.29, 1.82) is 0 Å². The third-order valence-electron chi connectivity index (χ3n) is 5.41. The molecule has 0 bridgehead atoms. The number of rotatable bonds is 16. The maximum atomic E-state index is 6.69. The predicted molar refractivity (Wildman–Crippen MR) is 122 cm³/mol. The zero-order valence-corrected chi connectivity index (χ0v) is 20.9. The van der Waals surface area contributed by atoms with Crippen LogP contribution in [0, 0.1) is 5.41 Å². The van der Waals surface area contributed by atoms with Crippen molar-refractivity contribution in [3.05, 3.63) is 24.3 Å². The fourth-order valence-electron chi connectivity index (χ4n) is 3.90. The van der Waals surface area contributed by atoms with Crippen molar-refractivity contribution in [2.75, 3.05) is 40.3 Å². The molecular formula is C23H46O4Si. The van der Waals surface area contributed by atoms with Crippen LogP contribution in [0.4, 0.5) is 0 Å². The van der Waals surface area contributed by atoms with Crippen LogP contribution >= 0.6 is 0 Å². The van der Waals surface area contributed by atoms with Gasteiger partial charge < -0.3 is 18.6 Å². The van der Waals surface area contributed by atoms with Crippen LogP contribution in [0.2, 0.25) is 16.6 Å². The number of hydrogen-bond acceptors (Lipinski definition) is 4. The predicted octanol–water partition coefficient (Wildman–Crippen LogP) is 6.34. The Hall–Kier alpha value is -0.463. The Labute approximate surface area is 175 Å². The van der Waals surface area contributed by atoms with Gasteiger partial charge in [-0.1, -0.05) is 79.7 Å². The minimum Gasteiger partial charge on any atom is -0.416 e. The van der Waals surface area contributed by atoms with E-state index in [2.05, 4.69) is 67.5 Å². The Morgan fingerprint density at radius 1 is 0.821 bits per heavy atom. The smallest absolute Gasteiger partial charge is 0.200 e. The summed E-state index contributed by atoms with van der Waals surface area (Å²) in [4.78, 5) is 0. The van der Waals surface area contributed by atoms with E-state index < -0.39 is 8.32 Å². The van der Waals surface area contributed by atoms with Gasteiger partial charge in [0.25, 0.3) is 0 Å². The lowest BCUT2D eigenvalue weighted by Crippen LogP contribution is -2.48. The van der Waals surface area contributed by atoms with E-state index >= 15 is 0 Å². The van der Waals surface area contributed by atoms with Crippen molar-refractivity contribution in [2.45, 2.75) is 78.4 Å². The summed E-state index contributed by atoms with van der Waals surface area (Å²) in [5, 5.41) is 0. The SMILES string of the molecule is COCCOCOC/C=C/C=C/C(C)(C)CCO[Si](C(C)C)(C(C)C)C(C)C. The van der Waals surface area contributed by atoms with Gasteiger partial charge in [-0.15, -0.1) is 0 Å². The maximum absolute atomic E-state index is 6.69. The summed E-state index contributed by atoms with van der Waals surface area (Å²) >= 11 is 0. The molecule has 0 saturated carbocycles. The molecule has 0 amide bonds. The van der Waals surface area contributed by atoms with E-state index in [1.165, 1.54) is 0 Å². The highest BCUT2D eigenvalue weighted by atomic mass is 28.4. The van der Waals surface area contributed by atoms with E-state index in [0.717, 1.165) is 13.0 Å². The van der Waals surface area contributed by atoms with E-state index in [9.17, 15) is 0 Å². The normalized spacial score (nSPS) is 13.9. The summed E-state index contributed by atoms with van der Waals surface area (Å²) in [6.07, 6.45) is 9.42. The first-order chi connectivity index (χ1) is 13.1.